The Kier molecular flexibility index (Phi) is 4.83. The van der Waals surface area contributed by atoms with Crippen molar-refractivity contribution in [3.63, 3.8) is 0 Å². The summed E-state index contributed by atoms with van der Waals surface area (Å²) in [6, 6.07) is 15.6. The first-order valence-electron chi connectivity index (χ1n) is 7.34. The Morgan fingerprint density at radius 3 is 2.36 bits per heavy atom. The van der Waals surface area contributed by atoms with Crippen LogP contribution in [0.25, 0.3) is 0 Å². The smallest absolute Gasteiger partial charge is 0.258 e. The van der Waals surface area contributed by atoms with Gasteiger partial charge in [-0.05, 0) is 25.0 Å². The summed E-state index contributed by atoms with van der Waals surface area (Å²) >= 11 is 0. The van der Waals surface area contributed by atoms with Gasteiger partial charge in [0.2, 0.25) is 0 Å². The molecule has 0 spiro atoms. The number of benzene rings is 2. The summed E-state index contributed by atoms with van der Waals surface area (Å²) in [5.74, 6) is -0.374. The summed E-state index contributed by atoms with van der Waals surface area (Å²) in [7, 11) is 0. The average molecular weight is 299 g/mol. The predicted molar refractivity (Wildman–Crippen MR) is 85.5 cm³/mol. The molecule has 0 fully saturated rings. The fourth-order valence-corrected chi connectivity index (χ4v) is 2.28. The van der Waals surface area contributed by atoms with Gasteiger partial charge in [-0.3, -0.25) is 4.79 Å². The first-order valence-corrected chi connectivity index (χ1v) is 7.34. The highest BCUT2D eigenvalue weighted by Crippen LogP contribution is 2.36. The van der Waals surface area contributed by atoms with Crippen LogP contribution in [0.4, 0.5) is 0 Å². The monoisotopic (exact) mass is 299 g/mol. The SMILES string of the molecule is CCC(C)Oc1ccccc1C(O)(C(N)=O)c1ccccc1. The lowest BCUT2D eigenvalue weighted by Crippen LogP contribution is -2.42. The highest BCUT2D eigenvalue weighted by Gasteiger charge is 2.40. The van der Waals surface area contributed by atoms with E-state index < -0.39 is 11.5 Å². The van der Waals surface area contributed by atoms with Crippen LogP contribution in [0.15, 0.2) is 54.6 Å². The maximum atomic E-state index is 12.0. The van der Waals surface area contributed by atoms with Crippen LogP contribution in [-0.4, -0.2) is 17.1 Å². The minimum atomic E-state index is -1.93. The molecule has 0 bridgehead atoms. The van der Waals surface area contributed by atoms with Crippen molar-refractivity contribution in [3.05, 3.63) is 65.7 Å². The summed E-state index contributed by atoms with van der Waals surface area (Å²) in [4.78, 5) is 12.0. The minimum absolute atomic E-state index is 0.0333. The lowest BCUT2D eigenvalue weighted by atomic mass is 9.85. The molecule has 0 aliphatic carbocycles. The Labute approximate surface area is 130 Å². The van der Waals surface area contributed by atoms with Crippen LogP contribution >= 0.6 is 0 Å². The van der Waals surface area contributed by atoms with Gasteiger partial charge in [-0.25, -0.2) is 0 Å². The third-order valence-electron chi connectivity index (χ3n) is 3.73. The summed E-state index contributed by atoms with van der Waals surface area (Å²) in [5, 5.41) is 11.0. The fourth-order valence-electron chi connectivity index (χ4n) is 2.28. The molecule has 22 heavy (non-hydrogen) atoms. The number of hydrogen-bond acceptors (Lipinski definition) is 3. The normalized spacial score (nSPS) is 14.9. The number of hydrogen-bond donors (Lipinski definition) is 2. The number of para-hydroxylation sites is 1. The maximum Gasteiger partial charge on any atom is 0.258 e. The molecule has 0 aromatic heterocycles. The zero-order valence-corrected chi connectivity index (χ0v) is 12.8. The quantitative estimate of drug-likeness (QED) is 0.861. The molecule has 2 rings (SSSR count). The highest BCUT2D eigenvalue weighted by atomic mass is 16.5. The van der Waals surface area contributed by atoms with Gasteiger partial charge in [-0.15, -0.1) is 0 Å². The van der Waals surface area contributed by atoms with Gasteiger partial charge in [0.1, 0.15) is 5.75 Å². The molecular weight excluding hydrogens is 278 g/mol. The summed E-state index contributed by atoms with van der Waals surface area (Å²) in [6.07, 6.45) is 0.781. The van der Waals surface area contributed by atoms with Gasteiger partial charge in [0, 0.05) is 5.56 Å². The molecule has 2 aromatic rings. The van der Waals surface area contributed by atoms with E-state index in [9.17, 15) is 9.90 Å². The highest BCUT2D eigenvalue weighted by molar-refractivity contribution is 5.89. The molecule has 2 aromatic carbocycles. The van der Waals surface area contributed by atoms with Crippen molar-refractivity contribution in [3.8, 4) is 5.75 Å². The van der Waals surface area contributed by atoms with E-state index in [2.05, 4.69) is 0 Å². The maximum absolute atomic E-state index is 12.0. The van der Waals surface area contributed by atoms with Gasteiger partial charge in [0.25, 0.3) is 5.91 Å². The predicted octanol–water partition coefficient (Wildman–Crippen LogP) is 2.59. The average Bonchev–Trinajstić information content (AvgIpc) is 2.55. The zero-order valence-electron chi connectivity index (χ0n) is 12.8. The van der Waals surface area contributed by atoms with Gasteiger partial charge in [0.15, 0.2) is 5.60 Å². The molecule has 1 amide bonds. The van der Waals surface area contributed by atoms with Crippen LogP contribution in [0.1, 0.15) is 31.4 Å². The number of aliphatic hydroxyl groups is 1. The van der Waals surface area contributed by atoms with Gasteiger partial charge >= 0.3 is 0 Å². The Bertz CT molecular complexity index is 642. The molecule has 0 saturated heterocycles. The Hall–Kier alpha value is -2.33. The molecule has 2 unspecified atom stereocenters. The number of ether oxygens (including phenoxy) is 1. The van der Waals surface area contributed by atoms with Crippen LogP contribution in [0.5, 0.6) is 5.75 Å². The topological polar surface area (TPSA) is 72.6 Å². The van der Waals surface area contributed by atoms with Crippen molar-refractivity contribution in [2.75, 3.05) is 0 Å². The molecular formula is C18H21NO3. The van der Waals surface area contributed by atoms with Gasteiger partial charge < -0.3 is 15.6 Å². The fraction of sp³-hybridized carbons (Fsp3) is 0.278. The van der Waals surface area contributed by atoms with Crippen molar-refractivity contribution in [1.29, 1.82) is 0 Å². The lowest BCUT2D eigenvalue weighted by Gasteiger charge is -2.28. The number of primary amides is 1. The second kappa shape index (κ2) is 6.62. The number of amides is 1. The van der Waals surface area contributed by atoms with Gasteiger partial charge in [0.05, 0.1) is 6.10 Å². The van der Waals surface area contributed by atoms with Crippen molar-refractivity contribution in [1.82, 2.24) is 0 Å². The molecule has 116 valence electrons. The molecule has 2 atom stereocenters. The minimum Gasteiger partial charge on any atom is -0.490 e. The lowest BCUT2D eigenvalue weighted by molar-refractivity contribution is -0.133. The van der Waals surface area contributed by atoms with Gasteiger partial charge in [-0.1, -0.05) is 55.5 Å². The van der Waals surface area contributed by atoms with Crippen molar-refractivity contribution in [2.24, 2.45) is 5.73 Å². The second-order valence-electron chi connectivity index (χ2n) is 5.27. The second-order valence-corrected chi connectivity index (χ2v) is 5.27. The van der Waals surface area contributed by atoms with Gasteiger partial charge in [-0.2, -0.15) is 0 Å². The van der Waals surface area contributed by atoms with Crippen molar-refractivity contribution < 1.29 is 14.6 Å². The van der Waals surface area contributed by atoms with Crippen LogP contribution in [0.3, 0.4) is 0 Å². The Morgan fingerprint density at radius 1 is 1.18 bits per heavy atom. The molecule has 0 aliphatic heterocycles. The molecule has 0 heterocycles. The number of carbonyl (C=O) groups excluding carboxylic acids is 1. The van der Waals surface area contributed by atoms with E-state index in [4.69, 9.17) is 10.5 Å². The summed E-state index contributed by atoms with van der Waals surface area (Å²) in [6.45, 7) is 3.94. The molecule has 0 saturated carbocycles. The molecule has 4 nitrogen and oxygen atoms in total. The molecule has 0 radical (unpaired) electrons. The van der Waals surface area contributed by atoms with E-state index in [0.717, 1.165) is 6.42 Å². The Morgan fingerprint density at radius 2 is 1.77 bits per heavy atom. The van der Waals surface area contributed by atoms with Crippen LogP contribution in [-0.2, 0) is 10.4 Å². The van der Waals surface area contributed by atoms with Crippen molar-refractivity contribution in [2.45, 2.75) is 32.0 Å². The van der Waals surface area contributed by atoms with E-state index >= 15 is 0 Å². The third kappa shape index (κ3) is 2.97. The van der Waals surface area contributed by atoms with E-state index in [1.165, 1.54) is 0 Å². The standard InChI is InChI=1S/C18H21NO3/c1-3-13(2)22-16-12-8-7-11-15(16)18(21,17(19)20)14-9-5-4-6-10-14/h4-13,21H,3H2,1-2H3,(H2,19,20). The van der Waals surface area contributed by atoms with E-state index in [0.29, 0.717) is 16.9 Å². The van der Waals surface area contributed by atoms with E-state index in [-0.39, 0.29) is 6.10 Å². The zero-order chi connectivity index (χ0) is 16.2. The molecule has 4 heteroatoms. The number of rotatable bonds is 6. The summed E-state index contributed by atoms with van der Waals surface area (Å²) in [5.41, 5.74) is 4.37. The Balaban J connectivity index is 2.57. The first-order chi connectivity index (χ1) is 10.5. The van der Waals surface area contributed by atoms with E-state index in [1.807, 2.05) is 19.9 Å². The molecule has 3 N–H and O–H groups in total. The largest absolute Gasteiger partial charge is 0.490 e. The van der Waals surface area contributed by atoms with Crippen LogP contribution < -0.4 is 10.5 Å². The number of nitrogens with two attached hydrogens (primary N) is 1. The van der Waals surface area contributed by atoms with E-state index in [1.54, 1.807) is 48.5 Å². The van der Waals surface area contributed by atoms with Crippen molar-refractivity contribution >= 4 is 5.91 Å². The molecule has 0 aliphatic rings. The first kappa shape index (κ1) is 16.0. The summed E-state index contributed by atoms with van der Waals surface area (Å²) < 4.78 is 5.84. The van der Waals surface area contributed by atoms with Crippen LogP contribution in [0.2, 0.25) is 0 Å². The van der Waals surface area contributed by atoms with Crippen LogP contribution in [0, 0.1) is 0 Å². The third-order valence-corrected chi connectivity index (χ3v) is 3.73. The number of carbonyl (C=O) groups is 1.